The largest absolute Gasteiger partial charge is 0.408 e. The van der Waals surface area contributed by atoms with Crippen LogP contribution in [0.25, 0.3) is 0 Å². The Balaban J connectivity index is 1.30. The summed E-state index contributed by atoms with van der Waals surface area (Å²) < 4.78 is 70.7. The molecule has 14 heteroatoms. The van der Waals surface area contributed by atoms with Gasteiger partial charge in [-0.2, -0.15) is 13.2 Å². The first kappa shape index (κ1) is 24.3. The van der Waals surface area contributed by atoms with E-state index >= 15 is 0 Å². The van der Waals surface area contributed by atoms with Gasteiger partial charge in [0.05, 0.1) is 13.2 Å². The molecule has 2 fully saturated rings. The zero-order valence-corrected chi connectivity index (χ0v) is 19.8. The first-order valence-corrected chi connectivity index (χ1v) is 12.8. The zero-order valence-electron chi connectivity index (χ0n) is 19.0. The molecule has 0 amide bonds. The van der Waals surface area contributed by atoms with Crippen molar-refractivity contribution in [2.75, 3.05) is 43.2 Å². The van der Waals surface area contributed by atoms with Crippen LogP contribution in [-0.4, -0.2) is 72.0 Å². The fourth-order valence-electron chi connectivity index (χ4n) is 4.35. The summed E-state index contributed by atoms with van der Waals surface area (Å²) in [5, 5.41) is 5.76. The van der Waals surface area contributed by atoms with Crippen molar-refractivity contribution in [3.05, 3.63) is 54.6 Å². The van der Waals surface area contributed by atoms with Crippen LogP contribution in [0.15, 0.2) is 53.9 Å². The van der Waals surface area contributed by atoms with Gasteiger partial charge in [0.1, 0.15) is 40.5 Å². The highest BCUT2D eigenvalue weighted by molar-refractivity contribution is 7.90. The molecule has 0 bridgehead atoms. The minimum Gasteiger partial charge on any atom is -0.380 e. The molecule has 0 aliphatic carbocycles. The molecule has 190 valence electrons. The maximum atomic E-state index is 13.8. The topological polar surface area (TPSA) is 122 Å². The summed E-state index contributed by atoms with van der Waals surface area (Å²) in [6.45, 7) is 1.68. The lowest BCUT2D eigenvalue weighted by atomic mass is 9.76. The number of aromatic nitrogens is 4. The molecular weight excluding hydrogens is 499 g/mol. The monoisotopic (exact) mass is 521 g/mol. The lowest BCUT2D eigenvalue weighted by Crippen LogP contribution is -2.67. The first-order chi connectivity index (χ1) is 17.0. The predicted molar refractivity (Wildman–Crippen MR) is 124 cm³/mol. The van der Waals surface area contributed by atoms with E-state index in [1.165, 1.54) is 54.0 Å². The highest BCUT2D eigenvalue weighted by Crippen LogP contribution is 2.47. The van der Waals surface area contributed by atoms with Gasteiger partial charge in [-0.1, -0.05) is 6.07 Å². The highest BCUT2D eigenvalue weighted by atomic mass is 32.2. The number of anilines is 4. The van der Waals surface area contributed by atoms with Crippen molar-refractivity contribution in [2.45, 2.75) is 17.1 Å². The van der Waals surface area contributed by atoms with Crippen LogP contribution in [-0.2, 0) is 14.6 Å². The van der Waals surface area contributed by atoms with E-state index in [1.54, 1.807) is 0 Å². The second-order valence-electron chi connectivity index (χ2n) is 8.98. The van der Waals surface area contributed by atoms with Gasteiger partial charge in [-0.25, -0.2) is 28.4 Å². The lowest BCUT2D eigenvalue weighted by Gasteiger charge is -2.57. The number of ether oxygens (including phenoxy) is 1. The molecule has 1 atom stereocenters. The van der Waals surface area contributed by atoms with E-state index in [4.69, 9.17) is 4.74 Å². The molecule has 5 heterocycles. The van der Waals surface area contributed by atoms with E-state index in [0.717, 1.165) is 6.26 Å². The van der Waals surface area contributed by atoms with Crippen LogP contribution < -0.4 is 10.6 Å². The van der Waals surface area contributed by atoms with Crippen LogP contribution in [0.2, 0.25) is 0 Å². The van der Waals surface area contributed by atoms with Gasteiger partial charge in [-0.15, -0.1) is 0 Å². The molecule has 2 saturated heterocycles. The van der Waals surface area contributed by atoms with Gasteiger partial charge in [-0.3, -0.25) is 4.90 Å². The molecule has 3 aromatic heterocycles. The fourth-order valence-corrected chi connectivity index (χ4v) is 5.13. The molecule has 1 unspecified atom stereocenters. The third-order valence-corrected chi connectivity index (χ3v) is 7.14. The maximum absolute atomic E-state index is 13.8. The average molecular weight is 522 g/mol. The first-order valence-electron chi connectivity index (χ1n) is 10.9. The third kappa shape index (κ3) is 4.96. The number of alkyl halides is 3. The van der Waals surface area contributed by atoms with E-state index in [9.17, 15) is 21.6 Å². The standard InChI is InChI=1S/C22H22F3N7O3S/c1-36(33,34)15-3-2-6-26-20(15)31-18-7-17(28-13-29-18)30-16-5-4-14(8-27-16)19(22(23,24)25)32-9-21(10-32)11-35-12-21/h2-8,13,19H,9-12H2,1H3,(H2,26,27,28,29,30,31). The second kappa shape index (κ2) is 8.94. The van der Waals surface area contributed by atoms with Gasteiger partial charge in [-0.05, 0) is 23.8 Å². The van der Waals surface area contributed by atoms with Gasteiger partial charge < -0.3 is 15.4 Å². The number of pyridine rings is 2. The summed E-state index contributed by atoms with van der Waals surface area (Å²) in [6.07, 6.45) is 0.521. The predicted octanol–water partition coefficient (Wildman–Crippen LogP) is 3.09. The Bertz CT molecular complexity index is 1360. The van der Waals surface area contributed by atoms with Gasteiger partial charge in [0.25, 0.3) is 0 Å². The molecule has 10 nitrogen and oxygen atoms in total. The molecule has 36 heavy (non-hydrogen) atoms. The van der Waals surface area contributed by atoms with E-state index in [1.807, 2.05) is 0 Å². The highest BCUT2D eigenvalue weighted by Gasteiger charge is 2.56. The van der Waals surface area contributed by atoms with Crippen molar-refractivity contribution in [3.8, 4) is 0 Å². The number of nitrogens with one attached hydrogen (secondary N) is 2. The molecule has 2 aliphatic rings. The molecular formula is C22H22F3N7O3S. The normalized spacial score (nSPS) is 18.2. The van der Waals surface area contributed by atoms with E-state index in [2.05, 4.69) is 30.6 Å². The van der Waals surface area contributed by atoms with E-state index < -0.39 is 22.1 Å². The molecule has 0 saturated carbocycles. The van der Waals surface area contributed by atoms with Gasteiger partial charge >= 0.3 is 6.18 Å². The summed E-state index contributed by atoms with van der Waals surface area (Å²) in [7, 11) is -3.53. The zero-order chi connectivity index (χ0) is 25.6. The SMILES string of the molecule is CS(=O)(=O)c1cccnc1Nc1cc(Nc2ccc(C(N3CC4(COC4)C3)C(F)(F)F)cn2)ncn1. The Morgan fingerprint density at radius 2 is 1.75 bits per heavy atom. The third-order valence-electron chi connectivity index (χ3n) is 6.01. The summed E-state index contributed by atoms with van der Waals surface area (Å²) in [6, 6.07) is 5.53. The van der Waals surface area contributed by atoms with Crippen LogP contribution in [0.1, 0.15) is 11.6 Å². The van der Waals surface area contributed by atoms with Crippen molar-refractivity contribution in [2.24, 2.45) is 5.41 Å². The molecule has 3 aromatic rings. The van der Waals surface area contributed by atoms with Crippen molar-refractivity contribution < 1.29 is 26.3 Å². The van der Waals surface area contributed by atoms with Crippen LogP contribution in [0.3, 0.4) is 0 Å². The number of halogens is 3. The number of likely N-dealkylation sites (tertiary alicyclic amines) is 1. The summed E-state index contributed by atoms with van der Waals surface area (Å²) in [5.74, 6) is 0.946. The summed E-state index contributed by atoms with van der Waals surface area (Å²) in [5.41, 5.74) is -0.0919. The smallest absolute Gasteiger partial charge is 0.380 e. The van der Waals surface area contributed by atoms with E-state index in [-0.39, 0.29) is 33.3 Å². The van der Waals surface area contributed by atoms with Crippen LogP contribution >= 0.6 is 0 Å². The quantitative estimate of drug-likeness (QED) is 0.480. The Morgan fingerprint density at radius 1 is 1.03 bits per heavy atom. The molecule has 2 aliphatic heterocycles. The number of hydrogen-bond donors (Lipinski definition) is 2. The number of sulfone groups is 1. The molecule has 5 rings (SSSR count). The second-order valence-corrected chi connectivity index (χ2v) is 11.0. The summed E-state index contributed by atoms with van der Waals surface area (Å²) in [4.78, 5) is 17.8. The van der Waals surface area contributed by atoms with Crippen LogP contribution in [0, 0.1) is 5.41 Å². The van der Waals surface area contributed by atoms with Crippen LogP contribution in [0.4, 0.5) is 36.4 Å². The van der Waals surface area contributed by atoms with E-state index in [0.29, 0.717) is 32.1 Å². The lowest BCUT2D eigenvalue weighted by molar-refractivity contribution is -0.252. The van der Waals surface area contributed by atoms with Crippen molar-refractivity contribution >= 4 is 33.1 Å². The van der Waals surface area contributed by atoms with Gasteiger partial charge in [0.2, 0.25) is 0 Å². The summed E-state index contributed by atoms with van der Waals surface area (Å²) >= 11 is 0. The number of rotatable bonds is 7. The maximum Gasteiger partial charge on any atom is 0.408 e. The van der Waals surface area contributed by atoms with Crippen molar-refractivity contribution in [1.82, 2.24) is 24.8 Å². The Labute approximate surface area is 204 Å². The molecule has 1 spiro atoms. The Kier molecular flexibility index (Phi) is 6.04. The molecule has 2 N–H and O–H groups in total. The average Bonchev–Trinajstić information content (AvgIpc) is 2.74. The molecule has 0 aromatic carbocycles. The Hall–Kier alpha value is -3.36. The minimum atomic E-state index is -4.44. The van der Waals surface area contributed by atoms with Crippen LogP contribution in [0.5, 0.6) is 0 Å². The number of nitrogens with zero attached hydrogens (tertiary/aromatic N) is 5. The number of hydrogen-bond acceptors (Lipinski definition) is 10. The van der Waals surface area contributed by atoms with Crippen molar-refractivity contribution in [3.63, 3.8) is 0 Å². The van der Waals surface area contributed by atoms with Gasteiger partial charge in [0, 0.05) is 43.2 Å². The minimum absolute atomic E-state index is 0.00699. The Morgan fingerprint density at radius 3 is 2.33 bits per heavy atom. The molecule has 0 radical (unpaired) electrons. The fraction of sp³-hybridized carbons (Fsp3) is 0.364. The van der Waals surface area contributed by atoms with Gasteiger partial charge in [0.15, 0.2) is 9.84 Å². The van der Waals surface area contributed by atoms with Crippen molar-refractivity contribution in [1.29, 1.82) is 0 Å².